The third-order valence-electron chi connectivity index (χ3n) is 3.74. The molecule has 1 heterocycles. The number of thiophene rings is 1. The van der Waals surface area contributed by atoms with Crippen molar-refractivity contribution in [2.24, 2.45) is 0 Å². The van der Waals surface area contributed by atoms with Gasteiger partial charge >= 0.3 is 0 Å². The second-order valence-corrected chi connectivity index (χ2v) is 5.94. The molecule has 0 saturated carbocycles. The quantitative estimate of drug-likeness (QED) is 0.895. The molecule has 3 rings (SSSR count). The minimum atomic E-state index is -0.771. The van der Waals surface area contributed by atoms with Crippen molar-refractivity contribution in [2.45, 2.75) is 31.3 Å². The molecule has 0 amide bonds. The molecule has 1 aliphatic rings. The van der Waals surface area contributed by atoms with E-state index in [4.69, 9.17) is 0 Å². The lowest BCUT2D eigenvalue weighted by Gasteiger charge is -2.23. The summed E-state index contributed by atoms with van der Waals surface area (Å²) in [5.41, 5.74) is 1.11. The standard InChI is InChI=1S/C15H15FOS/c16-12-3-4-14-11(10-12)5-7-15(14,17)8-6-13-2-1-9-18-13/h1-4,9-10,17H,5-8H2. The summed E-state index contributed by atoms with van der Waals surface area (Å²) in [6.07, 6.45) is 3.07. The molecule has 1 aromatic heterocycles. The summed E-state index contributed by atoms with van der Waals surface area (Å²) in [4.78, 5) is 1.29. The fourth-order valence-electron chi connectivity index (χ4n) is 2.74. The maximum atomic E-state index is 13.1. The Labute approximate surface area is 110 Å². The summed E-state index contributed by atoms with van der Waals surface area (Å²) in [7, 11) is 0. The molecule has 1 unspecified atom stereocenters. The summed E-state index contributed by atoms with van der Waals surface area (Å²) in [5.74, 6) is -0.212. The summed E-state index contributed by atoms with van der Waals surface area (Å²) in [6.45, 7) is 0. The highest BCUT2D eigenvalue weighted by atomic mass is 32.1. The number of aliphatic hydroxyl groups is 1. The van der Waals surface area contributed by atoms with Gasteiger partial charge in [0.15, 0.2) is 0 Å². The lowest BCUT2D eigenvalue weighted by Crippen LogP contribution is -2.22. The lowest BCUT2D eigenvalue weighted by atomic mass is 9.90. The Balaban J connectivity index is 1.81. The molecular formula is C15H15FOS. The average molecular weight is 262 g/mol. The minimum Gasteiger partial charge on any atom is -0.385 e. The third-order valence-corrected chi connectivity index (χ3v) is 4.68. The van der Waals surface area contributed by atoms with Crippen LogP contribution in [0.1, 0.15) is 28.8 Å². The SMILES string of the molecule is OC1(CCc2cccs2)CCc2cc(F)ccc21. The van der Waals surface area contributed by atoms with Crippen molar-refractivity contribution in [3.63, 3.8) is 0 Å². The van der Waals surface area contributed by atoms with Crippen LogP contribution in [-0.2, 0) is 18.4 Å². The Morgan fingerprint density at radius 1 is 1.33 bits per heavy atom. The molecule has 1 aliphatic carbocycles. The van der Waals surface area contributed by atoms with Crippen LogP contribution >= 0.6 is 11.3 Å². The number of hydrogen-bond donors (Lipinski definition) is 1. The molecule has 1 nitrogen and oxygen atoms in total. The van der Waals surface area contributed by atoms with Crippen molar-refractivity contribution < 1.29 is 9.50 Å². The summed E-state index contributed by atoms with van der Waals surface area (Å²) in [5, 5.41) is 12.8. The van der Waals surface area contributed by atoms with Gasteiger partial charge in [-0.15, -0.1) is 11.3 Å². The molecule has 0 radical (unpaired) electrons. The maximum absolute atomic E-state index is 13.1. The summed E-state index contributed by atoms with van der Waals surface area (Å²) in [6, 6.07) is 8.86. The van der Waals surface area contributed by atoms with E-state index < -0.39 is 5.60 Å². The molecule has 1 aromatic carbocycles. The van der Waals surface area contributed by atoms with Crippen LogP contribution in [-0.4, -0.2) is 5.11 Å². The van der Waals surface area contributed by atoms with Crippen molar-refractivity contribution >= 4 is 11.3 Å². The van der Waals surface area contributed by atoms with Gasteiger partial charge in [0, 0.05) is 4.88 Å². The van der Waals surface area contributed by atoms with E-state index >= 15 is 0 Å². The highest BCUT2D eigenvalue weighted by molar-refractivity contribution is 7.09. The van der Waals surface area contributed by atoms with E-state index in [1.165, 1.54) is 10.9 Å². The van der Waals surface area contributed by atoms with Crippen molar-refractivity contribution in [1.29, 1.82) is 0 Å². The smallest absolute Gasteiger partial charge is 0.123 e. The molecular weight excluding hydrogens is 247 g/mol. The van der Waals surface area contributed by atoms with E-state index in [9.17, 15) is 9.50 Å². The fraction of sp³-hybridized carbons (Fsp3) is 0.333. The number of hydrogen-bond acceptors (Lipinski definition) is 2. The number of halogens is 1. The second kappa shape index (κ2) is 4.48. The molecule has 18 heavy (non-hydrogen) atoms. The minimum absolute atomic E-state index is 0.212. The van der Waals surface area contributed by atoms with Gasteiger partial charge in [-0.1, -0.05) is 12.1 Å². The van der Waals surface area contributed by atoms with Gasteiger partial charge in [-0.25, -0.2) is 4.39 Å². The van der Waals surface area contributed by atoms with Gasteiger partial charge in [0.2, 0.25) is 0 Å². The van der Waals surface area contributed by atoms with E-state index in [1.54, 1.807) is 23.5 Å². The first-order valence-electron chi connectivity index (χ1n) is 6.21. The Kier molecular flexibility index (Phi) is 2.96. The molecule has 0 aliphatic heterocycles. The van der Waals surface area contributed by atoms with Crippen LogP contribution in [0.3, 0.4) is 0 Å². The van der Waals surface area contributed by atoms with Crippen LogP contribution in [0.2, 0.25) is 0 Å². The van der Waals surface area contributed by atoms with Gasteiger partial charge in [0.1, 0.15) is 5.82 Å². The van der Waals surface area contributed by atoms with Crippen LogP contribution < -0.4 is 0 Å². The zero-order valence-corrected chi connectivity index (χ0v) is 10.8. The highest BCUT2D eigenvalue weighted by Gasteiger charge is 2.36. The van der Waals surface area contributed by atoms with E-state index in [2.05, 4.69) is 11.4 Å². The van der Waals surface area contributed by atoms with Gasteiger partial charge in [-0.05, 0) is 60.4 Å². The van der Waals surface area contributed by atoms with Crippen LogP contribution in [0.5, 0.6) is 0 Å². The third kappa shape index (κ3) is 2.08. The average Bonchev–Trinajstić information content (AvgIpc) is 2.96. The van der Waals surface area contributed by atoms with Crippen molar-refractivity contribution in [3.05, 3.63) is 57.5 Å². The zero-order chi connectivity index (χ0) is 12.6. The molecule has 0 saturated heterocycles. The Hall–Kier alpha value is -1.19. The van der Waals surface area contributed by atoms with Gasteiger partial charge in [0.05, 0.1) is 5.60 Å². The molecule has 1 atom stereocenters. The van der Waals surface area contributed by atoms with Crippen molar-refractivity contribution in [1.82, 2.24) is 0 Å². The van der Waals surface area contributed by atoms with E-state index in [1.807, 2.05) is 6.07 Å². The monoisotopic (exact) mass is 262 g/mol. The molecule has 2 aromatic rings. The first-order valence-corrected chi connectivity index (χ1v) is 7.09. The van der Waals surface area contributed by atoms with Crippen LogP contribution in [0, 0.1) is 5.82 Å². The Morgan fingerprint density at radius 3 is 3.00 bits per heavy atom. The van der Waals surface area contributed by atoms with Gasteiger partial charge in [0.25, 0.3) is 0 Å². The number of rotatable bonds is 3. The van der Waals surface area contributed by atoms with E-state index in [0.29, 0.717) is 12.8 Å². The molecule has 1 N–H and O–H groups in total. The lowest BCUT2D eigenvalue weighted by molar-refractivity contribution is 0.0299. The number of fused-ring (bicyclic) bond motifs is 1. The van der Waals surface area contributed by atoms with Crippen LogP contribution in [0.4, 0.5) is 4.39 Å². The van der Waals surface area contributed by atoms with Gasteiger partial charge in [-0.3, -0.25) is 0 Å². The zero-order valence-electron chi connectivity index (χ0n) is 10.0. The van der Waals surface area contributed by atoms with Crippen molar-refractivity contribution in [2.75, 3.05) is 0 Å². The maximum Gasteiger partial charge on any atom is 0.123 e. The highest BCUT2D eigenvalue weighted by Crippen LogP contribution is 2.40. The molecule has 0 bridgehead atoms. The molecule has 3 heteroatoms. The van der Waals surface area contributed by atoms with Crippen LogP contribution in [0.15, 0.2) is 35.7 Å². The molecule has 0 spiro atoms. The fourth-order valence-corrected chi connectivity index (χ4v) is 3.45. The second-order valence-electron chi connectivity index (χ2n) is 4.91. The summed E-state index contributed by atoms with van der Waals surface area (Å²) < 4.78 is 13.1. The Bertz CT molecular complexity index is 550. The topological polar surface area (TPSA) is 20.2 Å². The Morgan fingerprint density at radius 2 is 2.22 bits per heavy atom. The van der Waals surface area contributed by atoms with E-state index in [-0.39, 0.29) is 5.82 Å². The van der Waals surface area contributed by atoms with Crippen LogP contribution in [0.25, 0.3) is 0 Å². The largest absolute Gasteiger partial charge is 0.385 e. The van der Waals surface area contributed by atoms with E-state index in [0.717, 1.165) is 24.0 Å². The molecule has 0 fully saturated rings. The predicted octanol–water partition coefficient (Wildman–Crippen LogP) is 3.65. The molecule has 94 valence electrons. The number of aryl methyl sites for hydroxylation is 2. The van der Waals surface area contributed by atoms with Gasteiger partial charge in [-0.2, -0.15) is 0 Å². The first kappa shape index (κ1) is 11.9. The first-order chi connectivity index (χ1) is 8.67. The predicted molar refractivity (Wildman–Crippen MR) is 71.3 cm³/mol. The normalized spacial score (nSPS) is 22.1. The summed E-state index contributed by atoms with van der Waals surface area (Å²) >= 11 is 1.72. The number of benzene rings is 1. The van der Waals surface area contributed by atoms with Gasteiger partial charge < -0.3 is 5.11 Å². The van der Waals surface area contributed by atoms with Crippen molar-refractivity contribution in [3.8, 4) is 0 Å².